The van der Waals surface area contributed by atoms with Crippen LogP contribution in [0.1, 0.15) is 23.1 Å². The van der Waals surface area contributed by atoms with Crippen molar-refractivity contribution in [2.45, 2.75) is 25.0 Å². The van der Waals surface area contributed by atoms with Gasteiger partial charge in [0.2, 0.25) is 5.91 Å². The summed E-state index contributed by atoms with van der Waals surface area (Å²) in [5.41, 5.74) is 0.695. The predicted molar refractivity (Wildman–Crippen MR) is 112 cm³/mol. The SMILES string of the molecule is CCn1c(CC(=O)Nc2ccccc2F)nnc1SCC(=O)c1ccc(OC)cc1. The largest absolute Gasteiger partial charge is 0.497 e. The minimum Gasteiger partial charge on any atom is -0.497 e. The molecule has 1 aromatic heterocycles. The van der Waals surface area contributed by atoms with Crippen molar-refractivity contribution in [3.8, 4) is 5.75 Å². The summed E-state index contributed by atoms with van der Waals surface area (Å²) >= 11 is 1.26. The quantitative estimate of drug-likeness (QED) is 0.414. The Labute approximate surface area is 177 Å². The molecule has 0 atom stereocenters. The number of carbonyl (C=O) groups excluding carboxylic acids is 2. The van der Waals surface area contributed by atoms with Crippen LogP contribution in [0.3, 0.4) is 0 Å². The van der Waals surface area contributed by atoms with Crippen molar-refractivity contribution in [2.75, 3.05) is 18.2 Å². The summed E-state index contributed by atoms with van der Waals surface area (Å²) in [5.74, 6) is 0.372. The number of aromatic nitrogens is 3. The number of anilines is 1. The smallest absolute Gasteiger partial charge is 0.232 e. The molecule has 2 aromatic carbocycles. The zero-order chi connectivity index (χ0) is 21.5. The van der Waals surface area contributed by atoms with E-state index in [0.29, 0.717) is 28.8 Å². The van der Waals surface area contributed by atoms with Crippen LogP contribution in [-0.2, 0) is 17.8 Å². The summed E-state index contributed by atoms with van der Waals surface area (Å²) in [5, 5.41) is 11.3. The van der Waals surface area contributed by atoms with Gasteiger partial charge in [-0.15, -0.1) is 10.2 Å². The van der Waals surface area contributed by atoms with Crippen molar-refractivity contribution in [1.82, 2.24) is 14.8 Å². The molecule has 0 aliphatic rings. The van der Waals surface area contributed by atoms with Crippen LogP contribution >= 0.6 is 11.8 Å². The standard InChI is InChI=1S/C21H21FN4O3S/c1-3-26-19(12-20(28)23-17-7-5-4-6-16(17)22)24-25-21(26)30-13-18(27)14-8-10-15(29-2)11-9-14/h4-11H,3,12-13H2,1-2H3,(H,23,28). The summed E-state index contributed by atoms with van der Waals surface area (Å²) in [6, 6.07) is 12.9. The Kier molecular flexibility index (Phi) is 7.18. The molecule has 0 saturated carbocycles. The summed E-state index contributed by atoms with van der Waals surface area (Å²) in [7, 11) is 1.57. The molecule has 3 rings (SSSR count). The maximum Gasteiger partial charge on any atom is 0.232 e. The van der Waals surface area contributed by atoms with Crippen molar-refractivity contribution < 1.29 is 18.7 Å². The molecule has 3 aromatic rings. The number of carbonyl (C=O) groups is 2. The van der Waals surface area contributed by atoms with E-state index in [1.165, 1.54) is 23.9 Å². The minimum absolute atomic E-state index is 0.0489. The van der Waals surface area contributed by atoms with Crippen molar-refractivity contribution >= 4 is 29.1 Å². The van der Waals surface area contributed by atoms with Crippen molar-refractivity contribution in [3.05, 3.63) is 65.7 Å². The van der Waals surface area contributed by atoms with E-state index in [9.17, 15) is 14.0 Å². The van der Waals surface area contributed by atoms with Gasteiger partial charge in [0.25, 0.3) is 0 Å². The molecule has 0 radical (unpaired) electrons. The van der Waals surface area contributed by atoms with Gasteiger partial charge in [-0.3, -0.25) is 9.59 Å². The fourth-order valence-corrected chi connectivity index (χ4v) is 3.68. The molecule has 9 heteroatoms. The number of para-hydroxylation sites is 1. The van der Waals surface area contributed by atoms with E-state index >= 15 is 0 Å². The average Bonchev–Trinajstić information content (AvgIpc) is 3.14. The molecule has 0 spiro atoms. The van der Waals surface area contributed by atoms with Crippen LogP contribution in [-0.4, -0.2) is 39.3 Å². The third kappa shape index (κ3) is 5.24. The normalized spacial score (nSPS) is 10.6. The van der Waals surface area contributed by atoms with Crippen LogP contribution < -0.4 is 10.1 Å². The maximum atomic E-state index is 13.7. The second-order valence-electron chi connectivity index (χ2n) is 6.29. The van der Waals surface area contributed by atoms with E-state index in [0.717, 1.165) is 0 Å². The van der Waals surface area contributed by atoms with Crippen molar-refractivity contribution in [3.63, 3.8) is 0 Å². The van der Waals surface area contributed by atoms with Gasteiger partial charge in [0.1, 0.15) is 17.4 Å². The lowest BCUT2D eigenvalue weighted by atomic mass is 10.1. The molecular formula is C21H21FN4O3S. The predicted octanol–water partition coefficient (Wildman–Crippen LogP) is 3.60. The monoisotopic (exact) mass is 428 g/mol. The number of rotatable bonds is 9. The molecule has 0 bridgehead atoms. The molecule has 0 fully saturated rings. The van der Waals surface area contributed by atoms with Crippen LogP contribution in [0.4, 0.5) is 10.1 Å². The molecule has 0 saturated heterocycles. The van der Waals surface area contributed by atoms with Gasteiger partial charge in [-0.05, 0) is 43.3 Å². The average molecular weight is 428 g/mol. The molecular weight excluding hydrogens is 407 g/mol. The number of halogens is 1. The third-order valence-electron chi connectivity index (χ3n) is 4.32. The minimum atomic E-state index is -0.504. The molecule has 1 amide bonds. The van der Waals surface area contributed by atoms with Crippen molar-refractivity contribution in [1.29, 1.82) is 0 Å². The molecule has 30 heavy (non-hydrogen) atoms. The molecule has 0 aliphatic carbocycles. The van der Waals surface area contributed by atoms with Crippen molar-refractivity contribution in [2.24, 2.45) is 0 Å². The number of nitrogens with one attached hydrogen (secondary N) is 1. The Bertz CT molecular complexity index is 1040. The summed E-state index contributed by atoms with van der Waals surface area (Å²) < 4.78 is 20.6. The highest BCUT2D eigenvalue weighted by Gasteiger charge is 2.17. The number of hydrogen-bond acceptors (Lipinski definition) is 6. The first-order valence-electron chi connectivity index (χ1n) is 9.28. The van der Waals surface area contributed by atoms with Gasteiger partial charge in [0.05, 0.1) is 25.0 Å². The Morgan fingerprint density at radius 2 is 1.87 bits per heavy atom. The molecule has 7 nitrogen and oxygen atoms in total. The number of ketones is 1. The topological polar surface area (TPSA) is 86.1 Å². The highest BCUT2D eigenvalue weighted by atomic mass is 32.2. The van der Waals surface area contributed by atoms with Gasteiger partial charge in [0.15, 0.2) is 10.9 Å². The molecule has 1 N–H and O–H groups in total. The fourth-order valence-electron chi connectivity index (χ4n) is 2.77. The zero-order valence-electron chi connectivity index (χ0n) is 16.6. The number of amides is 1. The van der Waals surface area contributed by atoms with E-state index in [2.05, 4.69) is 15.5 Å². The van der Waals surface area contributed by atoms with E-state index in [4.69, 9.17) is 4.74 Å². The van der Waals surface area contributed by atoms with Crippen LogP contribution in [0.2, 0.25) is 0 Å². The van der Waals surface area contributed by atoms with Crippen LogP contribution in [0, 0.1) is 5.82 Å². The Morgan fingerprint density at radius 1 is 1.13 bits per heavy atom. The van der Waals surface area contributed by atoms with E-state index in [1.807, 2.05) is 6.92 Å². The highest BCUT2D eigenvalue weighted by molar-refractivity contribution is 7.99. The van der Waals surface area contributed by atoms with Crippen LogP contribution in [0.25, 0.3) is 0 Å². The number of nitrogens with zero attached hydrogens (tertiary/aromatic N) is 3. The third-order valence-corrected chi connectivity index (χ3v) is 5.29. The van der Waals surface area contributed by atoms with E-state index in [1.54, 1.807) is 48.1 Å². The number of hydrogen-bond donors (Lipinski definition) is 1. The first-order valence-corrected chi connectivity index (χ1v) is 10.3. The lowest BCUT2D eigenvalue weighted by Crippen LogP contribution is -2.18. The van der Waals surface area contributed by atoms with Gasteiger partial charge in [-0.2, -0.15) is 0 Å². The van der Waals surface area contributed by atoms with Crippen LogP contribution in [0.5, 0.6) is 5.75 Å². The summed E-state index contributed by atoms with van der Waals surface area (Å²) in [6.07, 6.45) is -0.0534. The van der Waals surface area contributed by atoms with Crippen LogP contribution in [0.15, 0.2) is 53.7 Å². The van der Waals surface area contributed by atoms with Gasteiger partial charge in [-0.1, -0.05) is 23.9 Å². The van der Waals surface area contributed by atoms with Gasteiger partial charge in [0, 0.05) is 12.1 Å². The number of thioether (sulfide) groups is 1. The molecule has 1 heterocycles. The van der Waals surface area contributed by atoms with Gasteiger partial charge >= 0.3 is 0 Å². The Balaban J connectivity index is 1.62. The highest BCUT2D eigenvalue weighted by Crippen LogP contribution is 2.20. The molecule has 156 valence electrons. The van der Waals surface area contributed by atoms with E-state index in [-0.39, 0.29) is 23.6 Å². The number of ether oxygens (including phenoxy) is 1. The second-order valence-corrected chi connectivity index (χ2v) is 7.23. The first kappa shape index (κ1) is 21.5. The van der Waals surface area contributed by atoms with Gasteiger partial charge < -0.3 is 14.6 Å². The van der Waals surface area contributed by atoms with E-state index < -0.39 is 11.7 Å². The summed E-state index contributed by atoms with van der Waals surface area (Å²) in [6.45, 7) is 2.44. The maximum absolute atomic E-state index is 13.7. The number of Topliss-reactive ketones (excluding diaryl/α,β-unsaturated/α-hetero) is 1. The Hall–Kier alpha value is -3.20. The summed E-state index contributed by atoms with van der Waals surface area (Å²) in [4.78, 5) is 24.7. The lowest BCUT2D eigenvalue weighted by Gasteiger charge is -2.08. The van der Waals surface area contributed by atoms with Gasteiger partial charge in [-0.25, -0.2) is 4.39 Å². The Morgan fingerprint density at radius 3 is 2.53 bits per heavy atom. The zero-order valence-corrected chi connectivity index (χ0v) is 17.4. The first-order chi connectivity index (χ1) is 14.5. The lowest BCUT2D eigenvalue weighted by molar-refractivity contribution is -0.115. The molecule has 0 unspecified atom stereocenters. The fraction of sp³-hybridized carbons (Fsp3) is 0.238. The second kappa shape index (κ2) is 10.0. The number of methoxy groups -OCH3 is 1. The molecule has 0 aliphatic heterocycles. The number of benzene rings is 2.